The van der Waals surface area contributed by atoms with Gasteiger partial charge in [0.15, 0.2) is 0 Å². The molecule has 9 heteroatoms. The monoisotopic (exact) mass is 463 g/mol. The average Bonchev–Trinajstić information content (AvgIpc) is 3.33. The van der Waals surface area contributed by atoms with Crippen LogP contribution in [0.2, 0.25) is 0 Å². The SMILES string of the molecule is COc1cccc2[nH]c(C(=O)N3C[C@H]4C([C@H]3C(=O)N[C@H](C#N)C[C@@H]3CCNC3=O)C4(C)C)cc12. The van der Waals surface area contributed by atoms with Crippen molar-refractivity contribution in [3.63, 3.8) is 0 Å². The van der Waals surface area contributed by atoms with Gasteiger partial charge in [0, 0.05) is 29.9 Å². The van der Waals surface area contributed by atoms with E-state index in [-0.39, 0.29) is 47.3 Å². The molecule has 1 aliphatic carbocycles. The molecule has 1 aromatic heterocycles. The molecule has 2 aromatic rings. The normalized spacial score (nSPS) is 27.6. The minimum Gasteiger partial charge on any atom is -0.496 e. The van der Waals surface area contributed by atoms with Crippen LogP contribution in [-0.2, 0) is 9.59 Å². The molecule has 3 fully saturated rings. The molecule has 1 aromatic carbocycles. The van der Waals surface area contributed by atoms with Crippen molar-refractivity contribution in [1.29, 1.82) is 5.26 Å². The summed E-state index contributed by atoms with van der Waals surface area (Å²) in [4.78, 5) is 43.7. The molecule has 3 amide bonds. The highest BCUT2D eigenvalue weighted by molar-refractivity contribution is 6.02. The number of methoxy groups -OCH3 is 1. The Hall–Kier alpha value is -3.54. The van der Waals surface area contributed by atoms with E-state index in [1.165, 1.54) is 0 Å². The molecule has 2 saturated heterocycles. The van der Waals surface area contributed by atoms with Crippen molar-refractivity contribution >= 4 is 28.6 Å². The summed E-state index contributed by atoms with van der Waals surface area (Å²) in [5.41, 5.74) is 1.14. The van der Waals surface area contributed by atoms with Crippen molar-refractivity contribution in [3.8, 4) is 11.8 Å². The standard InChI is InChI=1S/C25H29N5O4/c1-25(2)16-12-30(24(33)18-10-15-17(29-18)5-4-6-19(15)34-3)21(20(16)25)23(32)28-14(11-26)9-13-7-8-27-22(13)31/h4-6,10,13-14,16,20-21,29H,7-9,12H2,1-3H3,(H,27,31)(H,28,32)/t13-,14-,16-,20?,21-/m0/s1. The first-order valence-corrected chi connectivity index (χ1v) is 11.7. The van der Waals surface area contributed by atoms with Crippen LogP contribution in [0.25, 0.3) is 10.9 Å². The molecule has 1 unspecified atom stereocenters. The van der Waals surface area contributed by atoms with Crippen LogP contribution in [0.3, 0.4) is 0 Å². The molecule has 0 radical (unpaired) electrons. The summed E-state index contributed by atoms with van der Waals surface area (Å²) in [5.74, 6) is -0.00490. The predicted octanol–water partition coefficient (Wildman–Crippen LogP) is 1.81. The smallest absolute Gasteiger partial charge is 0.271 e. The highest BCUT2D eigenvalue weighted by Gasteiger charge is 2.69. The molecule has 5 rings (SSSR count). The zero-order chi connectivity index (χ0) is 24.2. The van der Waals surface area contributed by atoms with Crippen LogP contribution >= 0.6 is 0 Å². The van der Waals surface area contributed by atoms with Crippen LogP contribution in [0, 0.1) is 34.5 Å². The first-order chi connectivity index (χ1) is 16.3. The minimum absolute atomic E-state index is 0.0319. The van der Waals surface area contributed by atoms with Gasteiger partial charge in [0.25, 0.3) is 5.91 Å². The Morgan fingerprint density at radius 2 is 2.18 bits per heavy atom. The number of piperidine rings is 1. The number of benzene rings is 1. The number of nitrogens with zero attached hydrogens (tertiary/aromatic N) is 2. The maximum atomic E-state index is 13.5. The summed E-state index contributed by atoms with van der Waals surface area (Å²) >= 11 is 0. The van der Waals surface area contributed by atoms with Crippen LogP contribution < -0.4 is 15.4 Å². The number of H-pyrrole nitrogens is 1. The summed E-state index contributed by atoms with van der Waals surface area (Å²) in [6.45, 7) is 5.31. The summed E-state index contributed by atoms with van der Waals surface area (Å²) in [6, 6.07) is 8.00. The number of rotatable bonds is 6. The quantitative estimate of drug-likeness (QED) is 0.602. The van der Waals surface area contributed by atoms with Gasteiger partial charge < -0.3 is 25.3 Å². The number of carbonyl (C=O) groups is 3. The lowest BCUT2D eigenvalue weighted by molar-refractivity contribution is -0.127. The Morgan fingerprint density at radius 3 is 2.85 bits per heavy atom. The second-order valence-corrected chi connectivity index (χ2v) is 10.2. The van der Waals surface area contributed by atoms with Crippen molar-refractivity contribution in [2.24, 2.45) is 23.2 Å². The molecule has 2 aliphatic heterocycles. The van der Waals surface area contributed by atoms with Crippen LogP contribution in [0.1, 0.15) is 37.2 Å². The Kier molecular flexibility index (Phi) is 5.27. The molecule has 0 bridgehead atoms. The highest BCUT2D eigenvalue weighted by Crippen LogP contribution is 2.65. The van der Waals surface area contributed by atoms with Crippen LogP contribution in [0.5, 0.6) is 5.75 Å². The fraction of sp³-hybridized carbons (Fsp3) is 0.520. The largest absolute Gasteiger partial charge is 0.496 e. The highest BCUT2D eigenvalue weighted by atomic mass is 16.5. The zero-order valence-corrected chi connectivity index (χ0v) is 19.6. The van der Waals surface area contributed by atoms with E-state index in [2.05, 4.69) is 35.5 Å². The number of carbonyl (C=O) groups excluding carboxylic acids is 3. The van der Waals surface area contributed by atoms with Gasteiger partial charge in [-0.25, -0.2) is 0 Å². The van der Waals surface area contributed by atoms with Gasteiger partial charge in [-0.05, 0) is 48.3 Å². The fourth-order valence-corrected chi connectivity index (χ4v) is 5.93. The number of amides is 3. The third-order valence-electron chi connectivity index (χ3n) is 7.97. The number of ether oxygens (including phenoxy) is 1. The predicted molar refractivity (Wildman–Crippen MR) is 124 cm³/mol. The molecule has 9 nitrogen and oxygen atoms in total. The van der Waals surface area contributed by atoms with Gasteiger partial charge in [0.1, 0.15) is 23.5 Å². The van der Waals surface area contributed by atoms with Gasteiger partial charge in [-0.15, -0.1) is 0 Å². The van der Waals surface area contributed by atoms with Crippen LogP contribution in [0.4, 0.5) is 0 Å². The number of aromatic amines is 1. The summed E-state index contributed by atoms with van der Waals surface area (Å²) < 4.78 is 5.41. The Labute approximate surface area is 197 Å². The van der Waals surface area contributed by atoms with E-state index in [4.69, 9.17) is 4.74 Å². The molecule has 34 heavy (non-hydrogen) atoms. The van der Waals surface area contributed by atoms with Gasteiger partial charge in [0.2, 0.25) is 11.8 Å². The van der Waals surface area contributed by atoms with Gasteiger partial charge in [-0.1, -0.05) is 19.9 Å². The minimum atomic E-state index is -0.781. The molecule has 0 spiro atoms. The number of nitriles is 1. The third kappa shape index (κ3) is 3.49. The summed E-state index contributed by atoms with van der Waals surface area (Å²) in [7, 11) is 1.58. The van der Waals surface area contributed by atoms with E-state index in [9.17, 15) is 19.6 Å². The summed E-state index contributed by atoms with van der Waals surface area (Å²) in [5, 5.41) is 16.0. The van der Waals surface area contributed by atoms with E-state index >= 15 is 0 Å². The zero-order valence-electron chi connectivity index (χ0n) is 19.6. The van der Waals surface area contributed by atoms with Gasteiger partial charge in [0.05, 0.1) is 13.2 Å². The first-order valence-electron chi connectivity index (χ1n) is 11.7. The maximum Gasteiger partial charge on any atom is 0.271 e. The Morgan fingerprint density at radius 1 is 1.38 bits per heavy atom. The molecule has 178 valence electrons. The number of hydrogen-bond donors (Lipinski definition) is 3. The van der Waals surface area contributed by atoms with Gasteiger partial charge in [-0.2, -0.15) is 5.26 Å². The number of fused-ring (bicyclic) bond motifs is 2. The van der Waals surface area contributed by atoms with Crippen molar-refractivity contribution in [2.75, 3.05) is 20.2 Å². The fourth-order valence-electron chi connectivity index (χ4n) is 5.93. The summed E-state index contributed by atoms with van der Waals surface area (Å²) in [6.07, 6.45) is 0.927. The Bertz CT molecular complexity index is 1210. The number of aromatic nitrogens is 1. The van der Waals surface area contributed by atoms with Crippen molar-refractivity contribution in [3.05, 3.63) is 30.0 Å². The van der Waals surface area contributed by atoms with Gasteiger partial charge in [-0.3, -0.25) is 14.4 Å². The number of nitrogens with one attached hydrogen (secondary N) is 3. The topological polar surface area (TPSA) is 127 Å². The van der Waals surface area contributed by atoms with Gasteiger partial charge >= 0.3 is 0 Å². The van der Waals surface area contributed by atoms with Crippen molar-refractivity contribution in [2.45, 2.75) is 38.8 Å². The van der Waals surface area contributed by atoms with E-state index in [0.29, 0.717) is 31.0 Å². The van der Waals surface area contributed by atoms with E-state index < -0.39 is 12.1 Å². The number of hydrogen-bond acceptors (Lipinski definition) is 5. The lowest BCUT2D eigenvalue weighted by Crippen LogP contribution is -2.52. The molecular formula is C25H29N5O4. The molecular weight excluding hydrogens is 434 g/mol. The molecule has 5 atom stereocenters. The van der Waals surface area contributed by atoms with E-state index in [0.717, 1.165) is 10.9 Å². The second kappa shape index (κ2) is 8.05. The maximum absolute atomic E-state index is 13.5. The van der Waals surface area contributed by atoms with Crippen molar-refractivity contribution < 1.29 is 19.1 Å². The molecule has 3 N–H and O–H groups in total. The van der Waals surface area contributed by atoms with Crippen molar-refractivity contribution in [1.82, 2.24) is 20.5 Å². The van der Waals surface area contributed by atoms with Crippen LogP contribution in [-0.4, -0.2) is 59.9 Å². The third-order valence-corrected chi connectivity index (χ3v) is 7.97. The first kappa shape index (κ1) is 22.3. The lowest BCUT2D eigenvalue weighted by atomic mass is 9.97. The number of likely N-dealkylation sites (tertiary alicyclic amines) is 1. The van der Waals surface area contributed by atoms with E-state index in [1.54, 1.807) is 18.1 Å². The van der Waals surface area contributed by atoms with E-state index in [1.807, 2.05) is 18.2 Å². The lowest BCUT2D eigenvalue weighted by Gasteiger charge is -2.30. The average molecular weight is 464 g/mol. The second-order valence-electron chi connectivity index (χ2n) is 10.2. The molecule has 3 aliphatic rings. The van der Waals surface area contributed by atoms with Crippen LogP contribution in [0.15, 0.2) is 24.3 Å². The Balaban J connectivity index is 1.37. The molecule has 1 saturated carbocycles. The molecule has 3 heterocycles.